The summed E-state index contributed by atoms with van der Waals surface area (Å²) >= 11 is 1.58. The molecule has 1 amide bonds. The monoisotopic (exact) mass is 248 g/mol. The smallest absolute Gasteiger partial charge is 0.289 e. The summed E-state index contributed by atoms with van der Waals surface area (Å²) in [6, 6.07) is 1.67. The Kier molecular flexibility index (Phi) is 3.43. The van der Waals surface area contributed by atoms with Crippen molar-refractivity contribution in [1.82, 2.24) is 20.3 Å². The van der Waals surface area contributed by atoms with Crippen molar-refractivity contribution in [3.63, 3.8) is 0 Å². The molecule has 0 bridgehead atoms. The van der Waals surface area contributed by atoms with Gasteiger partial charge >= 0.3 is 0 Å². The van der Waals surface area contributed by atoms with Gasteiger partial charge in [-0.1, -0.05) is 0 Å². The average molecular weight is 248 g/mol. The summed E-state index contributed by atoms with van der Waals surface area (Å²) in [5.41, 5.74) is 0.960. The van der Waals surface area contributed by atoms with Crippen molar-refractivity contribution in [3.05, 3.63) is 39.9 Å². The summed E-state index contributed by atoms with van der Waals surface area (Å²) in [5.74, 6) is -0.0811. The van der Waals surface area contributed by atoms with Crippen molar-refractivity contribution in [3.8, 4) is 0 Å². The number of amides is 1. The van der Waals surface area contributed by atoms with E-state index in [-0.39, 0.29) is 11.7 Å². The van der Waals surface area contributed by atoms with E-state index in [1.807, 2.05) is 13.8 Å². The van der Waals surface area contributed by atoms with Crippen LogP contribution in [0.1, 0.15) is 26.2 Å². The minimum absolute atomic E-state index is 0.186. The molecule has 5 nitrogen and oxygen atoms in total. The zero-order chi connectivity index (χ0) is 12.3. The van der Waals surface area contributed by atoms with Crippen LogP contribution in [0.2, 0.25) is 0 Å². The topological polar surface area (TPSA) is 67.8 Å². The standard InChI is InChI=1S/C11H12N4OS/c1-7-9(17-8(2)15-7)6-14-11(16)10-12-4-3-5-13-10/h3-5H,6H2,1-2H3,(H,14,16). The Morgan fingerprint density at radius 3 is 2.65 bits per heavy atom. The zero-order valence-corrected chi connectivity index (χ0v) is 10.4. The molecule has 2 aromatic heterocycles. The average Bonchev–Trinajstić information content (AvgIpc) is 2.66. The van der Waals surface area contributed by atoms with Gasteiger partial charge < -0.3 is 5.32 Å². The highest BCUT2D eigenvalue weighted by Gasteiger charge is 2.10. The van der Waals surface area contributed by atoms with E-state index in [1.54, 1.807) is 29.8 Å². The van der Waals surface area contributed by atoms with E-state index in [1.165, 1.54) is 0 Å². The lowest BCUT2D eigenvalue weighted by Crippen LogP contribution is -2.24. The van der Waals surface area contributed by atoms with Crippen molar-refractivity contribution in [2.75, 3.05) is 0 Å². The SMILES string of the molecule is Cc1nc(C)c(CNC(=O)c2ncccn2)s1. The Bertz CT molecular complexity index is 524. The number of hydrogen-bond donors (Lipinski definition) is 1. The molecule has 2 aromatic rings. The van der Waals surface area contributed by atoms with Gasteiger partial charge in [0, 0.05) is 17.3 Å². The summed E-state index contributed by atoms with van der Waals surface area (Å²) in [5, 5.41) is 3.78. The lowest BCUT2D eigenvalue weighted by Gasteiger charge is -2.02. The van der Waals surface area contributed by atoms with Gasteiger partial charge in [0.05, 0.1) is 17.2 Å². The molecule has 2 rings (SSSR count). The zero-order valence-electron chi connectivity index (χ0n) is 9.60. The van der Waals surface area contributed by atoms with Crippen LogP contribution in [0.3, 0.4) is 0 Å². The minimum atomic E-state index is -0.268. The van der Waals surface area contributed by atoms with Crippen molar-refractivity contribution in [1.29, 1.82) is 0 Å². The summed E-state index contributed by atoms with van der Waals surface area (Å²) < 4.78 is 0. The number of aromatic nitrogens is 3. The molecule has 0 spiro atoms. The number of nitrogens with zero attached hydrogens (tertiary/aromatic N) is 3. The van der Waals surface area contributed by atoms with E-state index in [0.717, 1.165) is 15.6 Å². The van der Waals surface area contributed by atoms with Gasteiger partial charge in [-0.05, 0) is 19.9 Å². The van der Waals surface area contributed by atoms with Gasteiger partial charge in [0.1, 0.15) is 0 Å². The number of carbonyl (C=O) groups excluding carboxylic acids is 1. The maximum absolute atomic E-state index is 11.7. The molecule has 0 aliphatic rings. The predicted octanol–water partition coefficient (Wildman–Crippen LogP) is 1.48. The molecule has 0 aliphatic carbocycles. The molecule has 0 saturated heterocycles. The summed E-state index contributed by atoms with van der Waals surface area (Å²) in [6.07, 6.45) is 3.09. The van der Waals surface area contributed by atoms with Crippen LogP contribution in [0.15, 0.2) is 18.5 Å². The summed E-state index contributed by atoms with van der Waals surface area (Å²) in [4.78, 5) is 24.8. The lowest BCUT2D eigenvalue weighted by molar-refractivity contribution is 0.0941. The number of thiazole rings is 1. The van der Waals surface area contributed by atoms with Crippen LogP contribution in [-0.2, 0) is 6.54 Å². The highest BCUT2D eigenvalue weighted by atomic mass is 32.1. The molecule has 1 N–H and O–H groups in total. The summed E-state index contributed by atoms with van der Waals surface area (Å²) in [7, 11) is 0. The number of carbonyl (C=O) groups is 1. The van der Waals surface area contributed by atoms with Crippen molar-refractivity contribution in [2.24, 2.45) is 0 Å². The fraction of sp³-hybridized carbons (Fsp3) is 0.273. The molecule has 2 heterocycles. The highest BCUT2D eigenvalue weighted by molar-refractivity contribution is 7.11. The van der Waals surface area contributed by atoms with Crippen LogP contribution in [0.4, 0.5) is 0 Å². The van der Waals surface area contributed by atoms with E-state index < -0.39 is 0 Å². The third-order valence-electron chi connectivity index (χ3n) is 2.18. The van der Waals surface area contributed by atoms with Gasteiger partial charge in [0.15, 0.2) is 0 Å². The maximum Gasteiger partial charge on any atom is 0.289 e. The second-order valence-corrected chi connectivity index (χ2v) is 4.78. The van der Waals surface area contributed by atoms with Crippen molar-refractivity contribution >= 4 is 17.2 Å². The molecular formula is C11H12N4OS. The van der Waals surface area contributed by atoms with E-state index in [0.29, 0.717) is 6.54 Å². The van der Waals surface area contributed by atoms with Gasteiger partial charge in [0.2, 0.25) is 5.82 Å². The molecule has 0 unspecified atom stereocenters. The van der Waals surface area contributed by atoms with Crippen LogP contribution in [0, 0.1) is 13.8 Å². The third-order valence-corrected chi connectivity index (χ3v) is 3.25. The maximum atomic E-state index is 11.7. The molecule has 0 radical (unpaired) electrons. The first-order valence-electron chi connectivity index (χ1n) is 5.15. The van der Waals surface area contributed by atoms with Crippen LogP contribution in [0.5, 0.6) is 0 Å². The van der Waals surface area contributed by atoms with E-state index in [4.69, 9.17) is 0 Å². The van der Waals surface area contributed by atoms with Gasteiger partial charge in [-0.15, -0.1) is 11.3 Å². The molecule has 0 saturated carbocycles. The Morgan fingerprint density at radius 2 is 2.06 bits per heavy atom. The number of nitrogens with one attached hydrogen (secondary N) is 1. The molecule has 0 aliphatic heterocycles. The van der Waals surface area contributed by atoms with Crippen LogP contribution in [0.25, 0.3) is 0 Å². The van der Waals surface area contributed by atoms with E-state index >= 15 is 0 Å². The Hall–Kier alpha value is -1.82. The predicted molar refractivity (Wildman–Crippen MR) is 64.8 cm³/mol. The quantitative estimate of drug-likeness (QED) is 0.893. The Balaban J connectivity index is 1.99. The number of aryl methyl sites for hydroxylation is 2. The van der Waals surface area contributed by atoms with Gasteiger partial charge in [0.25, 0.3) is 5.91 Å². The van der Waals surface area contributed by atoms with Crippen molar-refractivity contribution in [2.45, 2.75) is 20.4 Å². The van der Waals surface area contributed by atoms with E-state index in [9.17, 15) is 4.79 Å². The normalized spacial score (nSPS) is 10.2. The molecule has 0 aromatic carbocycles. The summed E-state index contributed by atoms with van der Waals surface area (Å²) in [6.45, 7) is 4.35. The minimum Gasteiger partial charge on any atom is -0.344 e. The second-order valence-electron chi connectivity index (χ2n) is 3.50. The van der Waals surface area contributed by atoms with Crippen LogP contribution < -0.4 is 5.32 Å². The van der Waals surface area contributed by atoms with Gasteiger partial charge in [-0.3, -0.25) is 4.79 Å². The first-order chi connectivity index (χ1) is 8.16. The van der Waals surface area contributed by atoms with E-state index in [2.05, 4.69) is 20.3 Å². The molecule has 6 heteroatoms. The largest absolute Gasteiger partial charge is 0.344 e. The molecular weight excluding hydrogens is 236 g/mol. The molecule has 17 heavy (non-hydrogen) atoms. The van der Waals surface area contributed by atoms with Crippen molar-refractivity contribution < 1.29 is 4.79 Å². The van der Waals surface area contributed by atoms with Crippen LogP contribution >= 0.6 is 11.3 Å². The number of hydrogen-bond acceptors (Lipinski definition) is 5. The molecule has 88 valence electrons. The lowest BCUT2D eigenvalue weighted by atomic mass is 10.4. The van der Waals surface area contributed by atoms with Gasteiger partial charge in [-0.25, -0.2) is 15.0 Å². The first kappa shape index (κ1) is 11.7. The fourth-order valence-corrected chi connectivity index (χ4v) is 2.27. The molecule has 0 fully saturated rings. The fourth-order valence-electron chi connectivity index (χ4n) is 1.39. The van der Waals surface area contributed by atoms with Crippen LogP contribution in [-0.4, -0.2) is 20.9 Å². The second kappa shape index (κ2) is 5.01. The van der Waals surface area contributed by atoms with Gasteiger partial charge in [-0.2, -0.15) is 0 Å². The Morgan fingerprint density at radius 1 is 1.35 bits per heavy atom. The Labute approximate surface area is 103 Å². The highest BCUT2D eigenvalue weighted by Crippen LogP contribution is 2.16. The first-order valence-corrected chi connectivity index (χ1v) is 5.96. The third kappa shape index (κ3) is 2.85. The number of rotatable bonds is 3. The molecule has 0 atom stereocenters.